The van der Waals surface area contributed by atoms with Gasteiger partial charge in [-0.05, 0) is 123 Å². The number of H-pyrrole nitrogens is 1. The summed E-state index contributed by atoms with van der Waals surface area (Å²) in [7, 11) is 0. The SMILES string of the molecule is CC(C)(C)c1ccc2[nH]c3c(-n4nc(N(c5ccccc5)c5cc(-c6ccccc6)cc(-c6cc(-c7ccccc7)ccn6)c5)c5ccccc54)cc(C(C)(C)C)cc3c2c1. The monoisotopic (exact) mass is 791 g/mol. The molecule has 3 heterocycles. The topological polar surface area (TPSA) is 49.7 Å². The number of pyridine rings is 1. The van der Waals surface area contributed by atoms with Crippen LogP contribution in [0.1, 0.15) is 52.7 Å². The van der Waals surface area contributed by atoms with E-state index in [9.17, 15) is 0 Å². The molecule has 7 aromatic carbocycles. The molecule has 0 fully saturated rings. The first kappa shape index (κ1) is 38.0. The number of hydrogen-bond donors (Lipinski definition) is 1. The Morgan fingerprint density at radius 3 is 1.80 bits per heavy atom. The van der Waals surface area contributed by atoms with Crippen molar-refractivity contribution >= 4 is 49.9 Å². The Bertz CT molecular complexity index is 3200. The highest BCUT2D eigenvalue weighted by molar-refractivity contribution is 6.11. The zero-order chi connectivity index (χ0) is 41.9. The second-order valence-electron chi connectivity index (χ2n) is 18.2. The van der Waals surface area contributed by atoms with Crippen LogP contribution in [0.15, 0.2) is 182 Å². The number of para-hydroxylation sites is 2. The van der Waals surface area contributed by atoms with Gasteiger partial charge in [-0.1, -0.05) is 139 Å². The van der Waals surface area contributed by atoms with Crippen LogP contribution >= 0.6 is 0 Å². The maximum Gasteiger partial charge on any atom is 0.168 e. The molecule has 298 valence electrons. The molecular formula is C56H49N5. The lowest BCUT2D eigenvalue weighted by Crippen LogP contribution is -2.13. The molecule has 0 saturated carbocycles. The van der Waals surface area contributed by atoms with Gasteiger partial charge in [0.05, 0.1) is 22.4 Å². The summed E-state index contributed by atoms with van der Waals surface area (Å²) < 4.78 is 2.16. The first-order valence-corrected chi connectivity index (χ1v) is 21.2. The quantitative estimate of drug-likeness (QED) is 0.175. The zero-order valence-electron chi connectivity index (χ0n) is 35.6. The Morgan fingerprint density at radius 2 is 1.10 bits per heavy atom. The van der Waals surface area contributed by atoms with Crippen LogP contribution < -0.4 is 4.90 Å². The van der Waals surface area contributed by atoms with Crippen molar-refractivity contribution in [1.82, 2.24) is 19.7 Å². The third-order valence-corrected chi connectivity index (χ3v) is 11.9. The Kier molecular flexibility index (Phi) is 9.21. The van der Waals surface area contributed by atoms with Crippen molar-refractivity contribution in [2.24, 2.45) is 0 Å². The number of aromatic nitrogens is 4. The van der Waals surface area contributed by atoms with Crippen LogP contribution in [0, 0.1) is 0 Å². The molecule has 0 aliphatic rings. The molecule has 5 nitrogen and oxygen atoms in total. The number of anilines is 3. The van der Waals surface area contributed by atoms with Gasteiger partial charge >= 0.3 is 0 Å². The molecule has 10 rings (SSSR count). The van der Waals surface area contributed by atoms with Crippen molar-refractivity contribution in [3.05, 3.63) is 193 Å². The summed E-state index contributed by atoms with van der Waals surface area (Å²) in [5.41, 5.74) is 15.1. The second kappa shape index (κ2) is 14.8. The molecular weight excluding hydrogens is 743 g/mol. The van der Waals surface area contributed by atoms with Gasteiger partial charge in [0.15, 0.2) is 5.82 Å². The summed E-state index contributed by atoms with van der Waals surface area (Å²) in [6, 6.07) is 63.0. The van der Waals surface area contributed by atoms with Crippen LogP contribution in [-0.2, 0) is 10.8 Å². The van der Waals surface area contributed by atoms with Crippen molar-refractivity contribution in [2.75, 3.05) is 4.90 Å². The predicted molar refractivity (Wildman–Crippen MR) is 257 cm³/mol. The highest BCUT2D eigenvalue weighted by Crippen LogP contribution is 2.44. The van der Waals surface area contributed by atoms with Crippen LogP contribution in [0.4, 0.5) is 17.2 Å². The molecule has 1 N–H and O–H groups in total. The van der Waals surface area contributed by atoms with Gasteiger partial charge in [0.1, 0.15) is 0 Å². The Labute approximate surface area is 358 Å². The Morgan fingerprint density at radius 1 is 0.475 bits per heavy atom. The number of aromatic amines is 1. The van der Waals surface area contributed by atoms with Crippen LogP contribution in [0.2, 0.25) is 0 Å². The summed E-state index contributed by atoms with van der Waals surface area (Å²) >= 11 is 0. The molecule has 0 amide bonds. The molecule has 0 radical (unpaired) electrons. The normalized spacial score (nSPS) is 12.1. The minimum atomic E-state index is -0.101. The van der Waals surface area contributed by atoms with E-state index in [2.05, 4.69) is 232 Å². The van der Waals surface area contributed by atoms with Gasteiger partial charge in [0.2, 0.25) is 0 Å². The van der Waals surface area contributed by atoms with E-state index in [4.69, 9.17) is 10.1 Å². The molecule has 0 atom stereocenters. The number of rotatable bonds is 7. The van der Waals surface area contributed by atoms with E-state index in [0.29, 0.717) is 0 Å². The number of nitrogens with one attached hydrogen (secondary N) is 1. The lowest BCUT2D eigenvalue weighted by molar-refractivity contribution is 0.590. The van der Waals surface area contributed by atoms with Crippen LogP contribution in [0.3, 0.4) is 0 Å². The molecule has 0 unspecified atom stereocenters. The summed E-state index contributed by atoms with van der Waals surface area (Å²) in [6.07, 6.45) is 1.91. The summed E-state index contributed by atoms with van der Waals surface area (Å²) in [5.74, 6) is 0.837. The zero-order valence-corrected chi connectivity index (χ0v) is 35.6. The van der Waals surface area contributed by atoms with E-state index in [-0.39, 0.29) is 10.8 Å². The predicted octanol–water partition coefficient (Wildman–Crippen LogP) is 15.1. The highest BCUT2D eigenvalue weighted by Gasteiger charge is 2.26. The minimum Gasteiger partial charge on any atom is -0.353 e. The smallest absolute Gasteiger partial charge is 0.168 e. The molecule has 0 aliphatic carbocycles. The van der Waals surface area contributed by atoms with Gasteiger partial charge in [-0.2, -0.15) is 0 Å². The van der Waals surface area contributed by atoms with Crippen molar-refractivity contribution < 1.29 is 0 Å². The first-order chi connectivity index (χ1) is 29.5. The molecule has 5 heteroatoms. The molecule has 0 saturated heterocycles. The maximum absolute atomic E-state index is 5.68. The van der Waals surface area contributed by atoms with Gasteiger partial charge in [-0.15, -0.1) is 5.10 Å². The Balaban J connectivity index is 1.23. The van der Waals surface area contributed by atoms with Gasteiger partial charge in [0.25, 0.3) is 0 Å². The van der Waals surface area contributed by atoms with Crippen LogP contribution in [-0.4, -0.2) is 19.7 Å². The first-order valence-electron chi connectivity index (χ1n) is 21.2. The molecule has 61 heavy (non-hydrogen) atoms. The molecule has 0 aliphatic heterocycles. The molecule has 0 bridgehead atoms. The largest absolute Gasteiger partial charge is 0.353 e. The molecule has 10 aromatic rings. The second-order valence-corrected chi connectivity index (χ2v) is 18.2. The molecule has 0 spiro atoms. The van der Waals surface area contributed by atoms with E-state index in [0.717, 1.165) is 78.3 Å². The van der Waals surface area contributed by atoms with E-state index in [1.165, 1.54) is 21.9 Å². The Hall–Kier alpha value is -7.24. The average molecular weight is 792 g/mol. The van der Waals surface area contributed by atoms with Crippen molar-refractivity contribution in [2.45, 2.75) is 52.4 Å². The van der Waals surface area contributed by atoms with Crippen LogP contribution in [0.5, 0.6) is 0 Å². The van der Waals surface area contributed by atoms with Gasteiger partial charge < -0.3 is 4.98 Å². The summed E-state index contributed by atoms with van der Waals surface area (Å²) in [4.78, 5) is 11.1. The van der Waals surface area contributed by atoms with Gasteiger partial charge in [0, 0.05) is 44.8 Å². The summed E-state index contributed by atoms with van der Waals surface area (Å²) in [6.45, 7) is 13.7. The number of nitrogens with zero attached hydrogens (tertiary/aromatic N) is 4. The lowest BCUT2D eigenvalue weighted by Gasteiger charge is -2.25. The van der Waals surface area contributed by atoms with E-state index >= 15 is 0 Å². The van der Waals surface area contributed by atoms with E-state index in [1.807, 2.05) is 6.20 Å². The third-order valence-electron chi connectivity index (χ3n) is 11.9. The fourth-order valence-corrected chi connectivity index (χ4v) is 8.50. The molecule has 3 aromatic heterocycles. The third kappa shape index (κ3) is 7.06. The fraction of sp³-hybridized carbons (Fsp3) is 0.143. The summed E-state index contributed by atoms with van der Waals surface area (Å²) in [5, 5.41) is 9.16. The average Bonchev–Trinajstić information content (AvgIpc) is 3.85. The van der Waals surface area contributed by atoms with Crippen molar-refractivity contribution in [1.29, 1.82) is 0 Å². The number of benzene rings is 7. The maximum atomic E-state index is 5.68. The number of hydrogen-bond acceptors (Lipinski definition) is 3. The standard InChI is InChI=1S/C56H49N5/c1-55(2,3)42-26-27-49-47(34-42)48-35-43(56(4,5)6)36-52(53(48)58-49)61-51-25-17-16-24-46(51)54(59-61)60(44-22-14-9-15-23-44)45-31-40(38-20-12-8-13-21-38)30-41(32-45)50-33-39(28-29-57-50)37-18-10-7-11-19-37/h7-36,58H,1-6H3. The van der Waals surface area contributed by atoms with E-state index in [1.54, 1.807) is 0 Å². The van der Waals surface area contributed by atoms with Crippen molar-refractivity contribution in [3.8, 4) is 39.2 Å². The van der Waals surface area contributed by atoms with Crippen LogP contribution in [0.25, 0.3) is 71.9 Å². The van der Waals surface area contributed by atoms with Gasteiger partial charge in [-0.3, -0.25) is 9.88 Å². The minimum absolute atomic E-state index is 0.0225. The highest BCUT2D eigenvalue weighted by atomic mass is 15.4. The van der Waals surface area contributed by atoms with Gasteiger partial charge in [-0.25, -0.2) is 4.68 Å². The van der Waals surface area contributed by atoms with E-state index < -0.39 is 0 Å². The number of fused-ring (bicyclic) bond motifs is 4. The fourth-order valence-electron chi connectivity index (χ4n) is 8.50. The lowest BCUT2D eigenvalue weighted by atomic mass is 9.84. The van der Waals surface area contributed by atoms with Crippen molar-refractivity contribution in [3.63, 3.8) is 0 Å².